The van der Waals surface area contributed by atoms with E-state index in [9.17, 15) is 5.11 Å². The van der Waals surface area contributed by atoms with Crippen LogP contribution in [0.1, 0.15) is 17.3 Å². The van der Waals surface area contributed by atoms with Gasteiger partial charge in [-0.25, -0.2) is 0 Å². The van der Waals surface area contributed by atoms with E-state index in [4.69, 9.17) is 0 Å². The Kier molecular flexibility index (Phi) is 2.46. The van der Waals surface area contributed by atoms with Crippen LogP contribution < -0.4 is 10.6 Å². The normalized spacial score (nSPS) is 18.2. The van der Waals surface area contributed by atoms with E-state index in [0.717, 1.165) is 12.1 Å². The lowest BCUT2D eigenvalue weighted by atomic mass is 10.1. The molecule has 0 saturated carbocycles. The number of para-hydroxylation sites is 1. The highest BCUT2D eigenvalue weighted by Gasteiger charge is 2.17. The van der Waals surface area contributed by atoms with Gasteiger partial charge in [-0.1, -0.05) is 30.3 Å². The van der Waals surface area contributed by atoms with Crippen LogP contribution in [0.4, 0.5) is 5.69 Å². The molecule has 0 spiro atoms. The lowest BCUT2D eigenvalue weighted by molar-refractivity contribution is 0.474. The van der Waals surface area contributed by atoms with Crippen LogP contribution >= 0.6 is 0 Å². The molecule has 0 saturated heterocycles. The number of phenolic OH excluding ortho intramolecular Hbond substituents is 1. The minimum Gasteiger partial charge on any atom is -0.508 e. The summed E-state index contributed by atoms with van der Waals surface area (Å²) in [5, 5.41) is 16.1. The predicted octanol–water partition coefficient (Wildman–Crippen LogP) is 2.61. The molecule has 86 valence electrons. The molecule has 1 heterocycles. The van der Waals surface area contributed by atoms with Crippen molar-refractivity contribution in [3.05, 3.63) is 59.7 Å². The van der Waals surface area contributed by atoms with Crippen molar-refractivity contribution in [2.24, 2.45) is 0 Å². The van der Waals surface area contributed by atoms with Crippen LogP contribution in [0.25, 0.3) is 0 Å². The summed E-state index contributed by atoms with van der Waals surface area (Å²) in [7, 11) is 0. The average Bonchev–Trinajstić information content (AvgIpc) is 2.39. The molecule has 1 aliphatic heterocycles. The Morgan fingerprint density at radius 2 is 1.76 bits per heavy atom. The van der Waals surface area contributed by atoms with E-state index in [2.05, 4.69) is 22.8 Å². The monoisotopic (exact) mass is 226 g/mol. The van der Waals surface area contributed by atoms with Gasteiger partial charge in [0.05, 0.1) is 0 Å². The molecule has 3 rings (SSSR count). The van der Waals surface area contributed by atoms with Gasteiger partial charge in [0.1, 0.15) is 11.9 Å². The molecule has 0 radical (unpaired) electrons. The van der Waals surface area contributed by atoms with Gasteiger partial charge in [0, 0.05) is 12.2 Å². The molecular formula is C14H14N2O. The summed E-state index contributed by atoms with van der Waals surface area (Å²) >= 11 is 0. The number of anilines is 1. The number of rotatable bonds is 1. The molecule has 0 amide bonds. The first-order valence-corrected chi connectivity index (χ1v) is 5.70. The number of hydrogen-bond acceptors (Lipinski definition) is 3. The van der Waals surface area contributed by atoms with Crippen molar-refractivity contribution in [3.8, 4) is 5.75 Å². The number of fused-ring (bicyclic) bond motifs is 1. The van der Waals surface area contributed by atoms with E-state index in [0.29, 0.717) is 5.75 Å². The van der Waals surface area contributed by atoms with Crippen LogP contribution in [0.5, 0.6) is 5.75 Å². The number of aromatic hydroxyl groups is 1. The highest BCUT2D eigenvalue weighted by Crippen LogP contribution is 2.26. The molecule has 0 bridgehead atoms. The third kappa shape index (κ3) is 1.97. The summed E-state index contributed by atoms with van der Waals surface area (Å²) < 4.78 is 0. The van der Waals surface area contributed by atoms with Crippen molar-refractivity contribution < 1.29 is 5.11 Å². The van der Waals surface area contributed by atoms with Gasteiger partial charge in [0.2, 0.25) is 0 Å². The van der Waals surface area contributed by atoms with Crippen LogP contribution in [0.15, 0.2) is 48.5 Å². The predicted molar refractivity (Wildman–Crippen MR) is 67.8 cm³/mol. The summed E-state index contributed by atoms with van der Waals surface area (Å²) in [6.07, 6.45) is 0.102. The Morgan fingerprint density at radius 1 is 1.00 bits per heavy atom. The molecule has 3 heteroatoms. The molecule has 17 heavy (non-hydrogen) atoms. The summed E-state index contributed by atoms with van der Waals surface area (Å²) in [5.41, 5.74) is 3.57. The van der Waals surface area contributed by atoms with E-state index < -0.39 is 0 Å². The van der Waals surface area contributed by atoms with Gasteiger partial charge in [-0.3, -0.25) is 5.32 Å². The quantitative estimate of drug-likeness (QED) is 0.700. The van der Waals surface area contributed by atoms with Gasteiger partial charge in [-0.2, -0.15) is 0 Å². The Labute approximate surface area is 100 Å². The standard InChI is InChI=1S/C14H14N2O/c17-12-7-5-10(6-8-12)14-15-9-11-3-1-2-4-13(11)16-14/h1-8,14-17H,9H2. The summed E-state index contributed by atoms with van der Waals surface area (Å²) in [6, 6.07) is 15.5. The third-order valence-corrected chi connectivity index (χ3v) is 3.04. The molecule has 2 aromatic rings. The molecule has 1 atom stereocenters. The fourth-order valence-electron chi connectivity index (χ4n) is 2.10. The molecular weight excluding hydrogens is 212 g/mol. The number of nitrogens with one attached hydrogen (secondary N) is 2. The van der Waals surface area contributed by atoms with Crippen molar-refractivity contribution in [2.75, 3.05) is 5.32 Å². The molecule has 0 aliphatic carbocycles. The van der Waals surface area contributed by atoms with Crippen LogP contribution in [-0.4, -0.2) is 5.11 Å². The summed E-state index contributed by atoms with van der Waals surface area (Å²) in [5.74, 6) is 0.296. The van der Waals surface area contributed by atoms with E-state index in [-0.39, 0.29) is 6.17 Å². The number of hydrogen-bond donors (Lipinski definition) is 3. The Balaban J connectivity index is 1.86. The first-order valence-electron chi connectivity index (χ1n) is 5.70. The highest BCUT2D eigenvalue weighted by molar-refractivity contribution is 5.54. The largest absolute Gasteiger partial charge is 0.508 e. The van der Waals surface area contributed by atoms with Gasteiger partial charge in [-0.15, -0.1) is 0 Å². The molecule has 2 aromatic carbocycles. The first kappa shape index (κ1) is 10.2. The van der Waals surface area contributed by atoms with Crippen molar-refractivity contribution in [2.45, 2.75) is 12.7 Å². The van der Waals surface area contributed by atoms with E-state index in [1.54, 1.807) is 12.1 Å². The Hall–Kier alpha value is -2.00. The zero-order valence-electron chi connectivity index (χ0n) is 9.35. The number of phenols is 1. The van der Waals surface area contributed by atoms with Crippen LogP contribution in [0.2, 0.25) is 0 Å². The van der Waals surface area contributed by atoms with Crippen molar-refractivity contribution in [1.82, 2.24) is 5.32 Å². The van der Waals surface area contributed by atoms with Crippen LogP contribution in [-0.2, 0) is 6.54 Å². The minimum atomic E-state index is 0.102. The maximum Gasteiger partial charge on any atom is 0.115 e. The fourth-order valence-corrected chi connectivity index (χ4v) is 2.10. The molecule has 3 N–H and O–H groups in total. The molecule has 0 aromatic heterocycles. The zero-order chi connectivity index (χ0) is 11.7. The van der Waals surface area contributed by atoms with Gasteiger partial charge >= 0.3 is 0 Å². The molecule has 1 aliphatic rings. The second kappa shape index (κ2) is 4.11. The number of benzene rings is 2. The minimum absolute atomic E-state index is 0.102. The van der Waals surface area contributed by atoms with E-state index >= 15 is 0 Å². The van der Waals surface area contributed by atoms with Gasteiger partial charge in [0.25, 0.3) is 0 Å². The van der Waals surface area contributed by atoms with Gasteiger partial charge in [0.15, 0.2) is 0 Å². The Bertz CT molecular complexity index is 522. The van der Waals surface area contributed by atoms with Crippen LogP contribution in [0, 0.1) is 0 Å². The topological polar surface area (TPSA) is 44.3 Å². The SMILES string of the molecule is Oc1ccc(C2NCc3ccccc3N2)cc1. The van der Waals surface area contributed by atoms with Crippen molar-refractivity contribution in [3.63, 3.8) is 0 Å². The summed E-state index contributed by atoms with van der Waals surface area (Å²) in [4.78, 5) is 0. The fraction of sp³-hybridized carbons (Fsp3) is 0.143. The first-order chi connectivity index (χ1) is 8.33. The third-order valence-electron chi connectivity index (χ3n) is 3.04. The van der Waals surface area contributed by atoms with E-state index in [1.165, 1.54) is 11.3 Å². The summed E-state index contributed by atoms with van der Waals surface area (Å²) in [6.45, 7) is 0.856. The Morgan fingerprint density at radius 3 is 2.59 bits per heavy atom. The van der Waals surface area contributed by atoms with Crippen molar-refractivity contribution >= 4 is 5.69 Å². The maximum absolute atomic E-state index is 9.27. The lowest BCUT2D eigenvalue weighted by Crippen LogP contribution is -2.32. The average molecular weight is 226 g/mol. The molecule has 1 unspecified atom stereocenters. The van der Waals surface area contributed by atoms with Gasteiger partial charge in [-0.05, 0) is 29.3 Å². The lowest BCUT2D eigenvalue weighted by Gasteiger charge is -2.28. The maximum atomic E-state index is 9.27. The molecule has 3 nitrogen and oxygen atoms in total. The smallest absolute Gasteiger partial charge is 0.115 e. The second-order valence-corrected chi connectivity index (χ2v) is 4.21. The van der Waals surface area contributed by atoms with Crippen LogP contribution in [0.3, 0.4) is 0 Å². The van der Waals surface area contributed by atoms with Gasteiger partial charge < -0.3 is 10.4 Å². The molecule has 0 fully saturated rings. The second-order valence-electron chi connectivity index (χ2n) is 4.21. The van der Waals surface area contributed by atoms with E-state index in [1.807, 2.05) is 24.3 Å². The van der Waals surface area contributed by atoms with Crippen molar-refractivity contribution in [1.29, 1.82) is 0 Å². The highest BCUT2D eigenvalue weighted by atomic mass is 16.3. The zero-order valence-corrected chi connectivity index (χ0v) is 9.35.